The predicted molar refractivity (Wildman–Crippen MR) is 62.5 cm³/mol. The number of fused-ring (bicyclic) bond motifs is 1. The Labute approximate surface area is 96.3 Å². The number of hydrogen-bond donors (Lipinski definition) is 0. The van der Waals surface area contributed by atoms with Crippen LogP contribution in [-0.4, -0.2) is 18.5 Å². The molecule has 1 aliphatic heterocycles. The van der Waals surface area contributed by atoms with Gasteiger partial charge in [0.05, 0.1) is 11.6 Å². The highest BCUT2D eigenvalue weighted by Crippen LogP contribution is 2.22. The first-order valence-electron chi connectivity index (χ1n) is 5.60. The Hall–Kier alpha value is -1.40. The molecule has 1 aliphatic rings. The third-order valence-electron chi connectivity index (χ3n) is 2.61. The van der Waals surface area contributed by atoms with Gasteiger partial charge in [0.2, 0.25) is 0 Å². The van der Waals surface area contributed by atoms with E-state index in [1.807, 2.05) is 27.0 Å². The minimum absolute atomic E-state index is 0.245. The van der Waals surface area contributed by atoms with Crippen molar-refractivity contribution in [3.63, 3.8) is 0 Å². The van der Waals surface area contributed by atoms with Gasteiger partial charge >= 0.3 is 0 Å². The largest absolute Gasteiger partial charge is 0.302 e. The minimum Gasteiger partial charge on any atom is -0.302 e. The predicted octanol–water partition coefficient (Wildman–Crippen LogP) is 2.71. The lowest BCUT2D eigenvalue weighted by molar-refractivity contribution is 0.305. The summed E-state index contributed by atoms with van der Waals surface area (Å²) in [5.74, 6) is -0.245. The Morgan fingerprint density at radius 3 is 2.69 bits per heavy atom. The fourth-order valence-electron chi connectivity index (χ4n) is 1.82. The van der Waals surface area contributed by atoms with Gasteiger partial charge in [-0.05, 0) is 31.2 Å². The van der Waals surface area contributed by atoms with Crippen LogP contribution in [0, 0.1) is 17.1 Å². The Morgan fingerprint density at radius 2 is 2.06 bits per heavy atom. The molecular formula is C13H17FN2. The van der Waals surface area contributed by atoms with Crippen LogP contribution >= 0.6 is 0 Å². The monoisotopic (exact) mass is 220 g/mol. The number of nitriles is 1. The summed E-state index contributed by atoms with van der Waals surface area (Å²) in [5.41, 5.74) is 2.16. The molecule has 0 saturated carbocycles. The zero-order valence-electron chi connectivity index (χ0n) is 10.0. The first kappa shape index (κ1) is 12.7. The fraction of sp³-hybridized carbons (Fsp3) is 0.462. The van der Waals surface area contributed by atoms with Gasteiger partial charge in [0, 0.05) is 18.7 Å². The van der Waals surface area contributed by atoms with Gasteiger partial charge in [-0.2, -0.15) is 5.26 Å². The van der Waals surface area contributed by atoms with Crippen LogP contribution in [0.1, 0.15) is 30.5 Å². The molecule has 86 valence electrons. The summed E-state index contributed by atoms with van der Waals surface area (Å²) >= 11 is 0. The summed E-state index contributed by atoms with van der Waals surface area (Å²) in [4.78, 5) is 2.08. The van der Waals surface area contributed by atoms with Crippen LogP contribution in [0.5, 0.6) is 0 Å². The van der Waals surface area contributed by atoms with E-state index >= 15 is 0 Å². The Kier molecular flexibility index (Phi) is 4.45. The van der Waals surface area contributed by atoms with Crippen LogP contribution in [0.25, 0.3) is 0 Å². The number of halogens is 1. The van der Waals surface area contributed by atoms with Crippen molar-refractivity contribution in [1.82, 2.24) is 4.90 Å². The lowest BCUT2D eigenvalue weighted by Crippen LogP contribution is -2.27. The molecule has 2 nitrogen and oxygen atoms in total. The highest BCUT2D eigenvalue weighted by molar-refractivity contribution is 5.40. The number of hydrogen-bond acceptors (Lipinski definition) is 2. The lowest BCUT2D eigenvalue weighted by atomic mass is 9.97. The molecule has 0 bridgehead atoms. The van der Waals surface area contributed by atoms with Gasteiger partial charge in [-0.15, -0.1) is 0 Å². The summed E-state index contributed by atoms with van der Waals surface area (Å²) < 4.78 is 13.5. The average molecular weight is 220 g/mol. The molecule has 0 N–H and O–H groups in total. The van der Waals surface area contributed by atoms with E-state index in [4.69, 9.17) is 5.26 Å². The molecule has 0 saturated heterocycles. The van der Waals surface area contributed by atoms with Crippen molar-refractivity contribution in [2.24, 2.45) is 0 Å². The van der Waals surface area contributed by atoms with Crippen molar-refractivity contribution in [2.45, 2.75) is 26.8 Å². The molecule has 1 heterocycles. The second-order valence-electron chi connectivity index (χ2n) is 3.70. The number of nitrogens with zero attached hydrogens (tertiary/aromatic N) is 2. The Morgan fingerprint density at radius 1 is 1.38 bits per heavy atom. The van der Waals surface area contributed by atoms with Gasteiger partial charge < -0.3 is 4.90 Å². The molecule has 1 aromatic carbocycles. The SMILES string of the molecule is CC.CN1CCc2cc(C#N)cc(F)c2C1. The van der Waals surface area contributed by atoms with Crippen LogP contribution in [0.2, 0.25) is 0 Å². The molecule has 0 atom stereocenters. The van der Waals surface area contributed by atoms with Crippen LogP contribution in [0.4, 0.5) is 4.39 Å². The van der Waals surface area contributed by atoms with E-state index in [9.17, 15) is 4.39 Å². The molecule has 3 heteroatoms. The molecule has 16 heavy (non-hydrogen) atoms. The van der Waals surface area contributed by atoms with E-state index < -0.39 is 0 Å². The zero-order valence-corrected chi connectivity index (χ0v) is 10.0. The standard InChI is InChI=1S/C11H11FN2.C2H6/c1-14-3-2-9-4-8(6-13)5-11(12)10(9)7-14;1-2/h4-5H,2-3,7H2,1H3;1-2H3. The van der Waals surface area contributed by atoms with Gasteiger partial charge in [-0.3, -0.25) is 0 Å². The summed E-state index contributed by atoms with van der Waals surface area (Å²) in [7, 11) is 1.97. The third-order valence-corrected chi connectivity index (χ3v) is 2.61. The highest BCUT2D eigenvalue weighted by Gasteiger charge is 2.17. The van der Waals surface area contributed by atoms with Crippen molar-refractivity contribution >= 4 is 0 Å². The van der Waals surface area contributed by atoms with E-state index in [1.165, 1.54) is 6.07 Å². The van der Waals surface area contributed by atoms with Gasteiger partial charge in [-0.1, -0.05) is 13.8 Å². The number of rotatable bonds is 0. The first-order valence-corrected chi connectivity index (χ1v) is 5.60. The molecule has 0 aliphatic carbocycles. The van der Waals surface area contributed by atoms with E-state index in [0.717, 1.165) is 24.1 Å². The maximum atomic E-state index is 13.5. The van der Waals surface area contributed by atoms with Crippen LogP contribution in [-0.2, 0) is 13.0 Å². The van der Waals surface area contributed by atoms with Crippen LogP contribution in [0.3, 0.4) is 0 Å². The van der Waals surface area contributed by atoms with Gasteiger partial charge in [0.15, 0.2) is 0 Å². The molecule has 0 unspecified atom stereocenters. The van der Waals surface area contributed by atoms with E-state index in [0.29, 0.717) is 12.1 Å². The summed E-state index contributed by atoms with van der Waals surface area (Å²) in [6, 6.07) is 5.09. The van der Waals surface area contributed by atoms with E-state index in [1.54, 1.807) is 6.07 Å². The van der Waals surface area contributed by atoms with Crippen molar-refractivity contribution in [3.05, 3.63) is 34.6 Å². The van der Waals surface area contributed by atoms with Crippen LogP contribution < -0.4 is 0 Å². The quantitative estimate of drug-likeness (QED) is 0.672. The second kappa shape index (κ2) is 5.62. The topological polar surface area (TPSA) is 27.0 Å². The Balaban J connectivity index is 0.000000606. The maximum Gasteiger partial charge on any atom is 0.129 e. The zero-order chi connectivity index (χ0) is 12.1. The molecule has 0 radical (unpaired) electrons. The first-order chi connectivity index (χ1) is 7.70. The molecule has 0 amide bonds. The van der Waals surface area contributed by atoms with Crippen molar-refractivity contribution in [2.75, 3.05) is 13.6 Å². The summed E-state index contributed by atoms with van der Waals surface area (Å²) in [6.45, 7) is 5.58. The van der Waals surface area contributed by atoms with Gasteiger partial charge in [0.1, 0.15) is 5.82 Å². The Bertz CT molecular complexity index is 407. The maximum absolute atomic E-state index is 13.5. The molecule has 1 aromatic rings. The minimum atomic E-state index is -0.245. The molecule has 0 spiro atoms. The fourth-order valence-corrected chi connectivity index (χ4v) is 1.82. The van der Waals surface area contributed by atoms with E-state index in [-0.39, 0.29) is 5.82 Å². The molecule has 2 rings (SSSR count). The number of likely N-dealkylation sites (N-methyl/N-ethyl adjacent to an activating group) is 1. The molecule has 0 fully saturated rings. The average Bonchev–Trinajstić information content (AvgIpc) is 2.32. The van der Waals surface area contributed by atoms with Crippen molar-refractivity contribution < 1.29 is 4.39 Å². The van der Waals surface area contributed by atoms with Crippen molar-refractivity contribution in [1.29, 1.82) is 5.26 Å². The van der Waals surface area contributed by atoms with E-state index in [2.05, 4.69) is 4.90 Å². The normalized spacial score (nSPS) is 14.4. The third kappa shape index (κ3) is 2.59. The highest BCUT2D eigenvalue weighted by atomic mass is 19.1. The second-order valence-corrected chi connectivity index (χ2v) is 3.70. The van der Waals surface area contributed by atoms with Crippen LogP contribution in [0.15, 0.2) is 12.1 Å². The number of benzene rings is 1. The molecular weight excluding hydrogens is 203 g/mol. The summed E-state index contributed by atoms with van der Waals surface area (Å²) in [5, 5.41) is 8.69. The smallest absolute Gasteiger partial charge is 0.129 e. The molecule has 0 aromatic heterocycles. The van der Waals surface area contributed by atoms with Crippen molar-refractivity contribution in [3.8, 4) is 6.07 Å². The summed E-state index contributed by atoms with van der Waals surface area (Å²) in [6.07, 6.45) is 0.832. The van der Waals surface area contributed by atoms with Gasteiger partial charge in [0.25, 0.3) is 0 Å². The van der Waals surface area contributed by atoms with Gasteiger partial charge in [-0.25, -0.2) is 4.39 Å². The lowest BCUT2D eigenvalue weighted by Gasteiger charge is -2.25.